The molecule has 0 spiro atoms. The molecule has 0 saturated heterocycles. The fourth-order valence-corrected chi connectivity index (χ4v) is 1.78. The molecule has 0 aliphatic carbocycles. The van der Waals surface area contributed by atoms with Crippen molar-refractivity contribution in [1.82, 2.24) is 10.2 Å². The highest BCUT2D eigenvalue weighted by atomic mass is 19.3. The second kappa shape index (κ2) is 5.13. The largest absolute Gasteiger partial charge is 0.496 e. The van der Waals surface area contributed by atoms with Crippen molar-refractivity contribution in [2.75, 3.05) is 20.0 Å². The first-order chi connectivity index (χ1) is 9.06. The van der Waals surface area contributed by atoms with Gasteiger partial charge in [-0.15, -0.1) is 0 Å². The van der Waals surface area contributed by atoms with Crippen LogP contribution in [-0.4, -0.2) is 24.4 Å². The molecule has 0 aliphatic heterocycles. The Morgan fingerprint density at radius 1 is 1.16 bits per heavy atom. The second-order valence-corrected chi connectivity index (χ2v) is 3.80. The third-order valence-corrected chi connectivity index (χ3v) is 2.67. The Bertz CT molecular complexity index is 584. The molecule has 0 fully saturated rings. The number of nitrogens with zero attached hydrogens (tertiary/aromatic N) is 1. The molecule has 1 aromatic carbocycles. The van der Waals surface area contributed by atoms with Gasteiger partial charge in [-0.2, -0.15) is 5.10 Å². The minimum Gasteiger partial charge on any atom is -0.496 e. The van der Waals surface area contributed by atoms with Gasteiger partial charge in [0.25, 0.3) is 6.43 Å². The Kier molecular flexibility index (Phi) is 3.55. The normalized spacial score (nSPS) is 10.8. The number of anilines is 1. The maximum absolute atomic E-state index is 12.9. The highest BCUT2D eigenvalue weighted by Crippen LogP contribution is 2.39. The number of hydrogen-bond donors (Lipinski definition) is 2. The number of hydrogen-bond acceptors (Lipinski definition) is 4. The lowest BCUT2D eigenvalue weighted by Gasteiger charge is -2.13. The highest BCUT2D eigenvalue weighted by molar-refractivity contribution is 5.72. The van der Waals surface area contributed by atoms with E-state index in [1.54, 1.807) is 6.07 Å². The molecule has 0 bridgehead atoms. The molecule has 5 nitrogen and oxygen atoms in total. The van der Waals surface area contributed by atoms with E-state index in [1.807, 2.05) is 0 Å². The maximum atomic E-state index is 12.9. The van der Waals surface area contributed by atoms with Crippen LogP contribution in [-0.2, 0) is 0 Å². The van der Waals surface area contributed by atoms with Crippen LogP contribution in [0.2, 0.25) is 0 Å². The Morgan fingerprint density at radius 2 is 1.84 bits per heavy atom. The van der Waals surface area contributed by atoms with E-state index in [1.165, 1.54) is 26.4 Å². The van der Waals surface area contributed by atoms with Crippen LogP contribution in [0.1, 0.15) is 12.0 Å². The monoisotopic (exact) mass is 269 g/mol. The standard InChI is InChI=1S/C12H13F2N3O2/c1-18-9-4-7(12(13)14)10(19-2)3-6(9)8-5-11(15)17-16-8/h3-5,12H,1-2H3,(H3,15,16,17). The molecule has 0 aliphatic rings. The summed E-state index contributed by atoms with van der Waals surface area (Å²) in [6, 6.07) is 4.29. The lowest BCUT2D eigenvalue weighted by Crippen LogP contribution is -1.97. The van der Waals surface area contributed by atoms with Gasteiger partial charge in [0.15, 0.2) is 0 Å². The predicted octanol–water partition coefficient (Wildman–Crippen LogP) is 2.61. The molecule has 0 radical (unpaired) electrons. The van der Waals surface area contributed by atoms with Crippen molar-refractivity contribution in [2.24, 2.45) is 0 Å². The third kappa shape index (κ3) is 2.44. The molecular weight excluding hydrogens is 256 g/mol. The van der Waals surface area contributed by atoms with Crippen LogP contribution < -0.4 is 15.2 Å². The van der Waals surface area contributed by atoms with E-state index in [2.05, 4.69) is 10.2 Å². The molecule has 1 heterocycles. The van der Waals surface area contributed by atoms with Crippen LogP contribution in [0, 0.1) is 0 Å². The summed E-state index contributed by atoms with van der Waals surface area (Å²) in [5.74, 6) is 0.674. The van der Waals surface area contributed by atoms with E-state index in [4.69, 9.17) is 15.2 Å². The predicted molar refractivity (Wildman–Crippen MR) is 66.5 cm³/mol. The number of H-pyrrole nitrogens is 1. The molecule has 1 aromatic heterocycles. The Morgan fingerprint density at radius 3 is 2.32 bits per heavy atom. The number of methoxy groups -OCH3 is 2. The van der Waals surface area contributed by atoms with Gasteiger partial charge in [0.2, 0.25) is 0 Å². The maximum Gasteiger partial charge on any atom is 0.267 e. The summed E-state index contributed by atoms with van der Waals surface area (Å²) in [4.78, 5) is 0. The van der Waals surface area contributed by atoms with E-state index in [-0.39, 0.29) is 11.3 Å². The van der Waals surface area contributed by atoms with Gasteiger partial charge in [-0.3, -0.25) is 5.10 Å². The number of alkyl halides is 2. The first kappa shape index (κ1) is 13.1. The third-order valence-electron chi connectivity index (χ3n) is 2.67. The van der Waals surface area contributed by atoms with Gasteiger partial charge in [-0.1, -0.05) is 0 Å². The molecule has 0 amide bonds. The molecule has 0 unspecified atom stereocenters. The van der Waals surface area contributed by atoms with Crippen LogP contribution in [0.3, 0.4) is 0 Å². The van der Waals surface area contributed by atoms with Crippen molar-refractivity contribution in [3.05, 3.63) is 23.8 Å². The summed E-state index contributed by atoms with van der Waals surface area (Å²) in [5.41, 5.74) is 6.41. The van der Waals surface area contributed by atoms with Crippen LogP contribution >= 0.6 is 0 Å². The molecule has 19 heavy (non-hydrogen) atoms. The van der Waals surface area contributed by atoms with Gasteiger partial charge in [-0.25, -0.2) is 8.78 Å². The number of halogens is 2. The summed E-state index contributed by atoms with van der Waals surface area (Å²) in [7, 11) is 2.74. The topological polar surface area (TPSA) is 73.2 Å². The van der Waals surface area contributed by atoms with Gasteiger partial charge in [-0.05, 0) is 12.1 Å². The van der Waals surface area contributed by atoms with Crippen molar-refractivity contribution in [1.29, 1.82) is 0 Å². The number of rotatable bonds is 4. The molecule has 3 N–H and O–H groups in total. The van der Waals surface area contributed by atoms with Crippen LogP contribution in [0.4, 0.5) is 14.6 Å². The summed E-state index contributed by atoms with van der Waals surface area (Å²) < 4.78 is 35.9. The fraction of sp³-hybridized carbons (Fsp3) is 0.250. The van der Waals surface area contributed by atoms with Gasteiger partial charge in [0.1, 0.15) is 17.3 Å². The van der Waals surface area contributed by atoms with Crippen molar-refractivity contribution in [3.63, 3.8) is 0 Å². The van der Waals surface area contributed by atoms with Crippen molar-refractivity contribution >= 4 is 5.82 Å². The molecular formula is C12H13F2N3O2. The van der Waals surface area contributed by atoms with Crippen LogP contribution in [0.25, 0.3) is 11.3 Å². The van der Waals surface area contributed by atoms with Crippen LogP contribution in [0.15, 0.2) is 18.2 Å². The minimum absolute atomic E-state index is 0.0824. The lowest BCUT2D eigenvalue weighted by molar-refractivity contribution is 0.146. The fourth-order valence-electron chi connectivity index (χ4n) is 1.78. The van der Waals surface area contributed by atoms with Crippen LogP contribution in [0.5, 0.6) is 11.5 Å². The average molecular weight is 269 g/mol. The van der Waals surface area contributed by atoms with E-state index < -0.39 is 6.43 Å². The summed E-state index contributed by atoms with van der Waals surface area (Å²) in [6.45, 7) is 0. The zero-order valence-corrected chi connectivity index (χ0v) is 10.4. The van der Waals surface area contributed by atoms with E-state index in [0.717, 1.165) is 0 Å². The van der Waals surface area contributed by atoms with Gasteiger partial charge in [0.05, 0.1) is 25.5 Å². The SMILES string of the molecule is COc1cc(C(F)F)c(OC)cc1-c1cc(N)n[nH]1. The lowest BCUT2D eigenvalue weighted by atomic mass is 10.1. The molecule has 7 heteroatoms. The van der Waals surface area contributed by atoms with Crippen molar-refractivity contribution in [2.45, 2.75) is 6.43 Å². The minimum atomic E-state index is -2.65. The zero-order chi connectivity index (χ0) is 14.0. The first-order valence-corrected chi connectivity index (χ1v) is 5.42. The average Bonchev–Trinajstić information content (AvgIpc) is 2.83. The first-order valence-electron chi connectivity index (χ1n) is 5.42. The zero-order valence-electron chi connectivity index (χ0n) is 10.4. The van der Waals surface area contributed by atoms with Gasteiger partial charge < -0.3 is 15.2 Å². The number of nitrogen functional groups attached to an aromatic ring is 1. The number of ether oxygens (including phenoxy) is 2. The number of aromatic amines is 1. The van der Waals surface area contributed by atoms with E-state index in [9.17, 15) is 8.78 Å². The quantitative estimate of drug-likeness (QED) is 0.894. The molecule has 2 rings (SSSR count). The van der Waals surface area contributed by atoms with Crippen molar-refractivity contribution < 1.29 is 18.3 Å². The highest BCUT2D eigenvalue weighted by Gasteiger charge is 2.19. The molecule has 102 valence electrons. The smallest absolute Gasteiger partial charge is 0.267 e. The Labute approximate surface area is 108 Å². The number of benzene rings is 1. The van der Waals surface area contributed by atoms with E-state index in [0.29, 0.717) is 22.8 Å². The van der Waals surface area contributed by atoms with Gasteiger partial charge >= 0.3 is 0 Å². The summed E-state index contributed by atoms with van der Waals surface area (Å²) in [5, 5.41) is 6.49. The number of nitrogens with two attached hydrogens (primary N) is 1. The summed E-state index contributed by atoms with van der Waals surface area (Å²) in [6.07, 6.45) is -2.65. The molecule has 0 saturated carbocycles. The van der Waals surface area contributed by atoms with Crippen molar-refractivity contribution in [3.8, 4) is 22.8 Å². The molecule has 2 aromatic rings. The molecule has 0 atom stereocenters. The Balaban J connectivity index is 2.60. The number of aromatic nitrogens is 2. The Hall–Kier alpha value is -2.31. The second-order valence-electron chi connectivity index (χ2n) is 3.80. The number of nitrogens with one attached hydrogen (secondary N) is 1. The van der Waals surface area contributed by atoms with Gasteiger partial charge in [0, 0.05) is 11.6 Å². The summed E-state index contributed by atoms with van der Waals surface area (Å²) >= 11 is 0. The van der Waals surface area contributed by atoms with E-state index >= 15 is 0 Å².